The molecule has 1 atom stereocenters. The number of benzene rings is 2. The lowest BCUT2D eigenvalue weighted by molar-refractivity contribution is -0.148. The van der Waals surface area contributed by atoms with Crippen LogP contribution in [0.4, 0.5) is 11.4 Å². The third kappa shape index (κ3) is 4.91. The van der Waals surface area contributed by atoms with Crippen molar-refractivity contribution in [3.63, 3.8) is 0 Å². The van der Waals surface area contributed by atoms with Gasteiger partial charge in [-0.3, -0.25) is 24.1 Å². The van der Waals surface area contributed by atoms with Crippen LogP contribution in [0.15, 0.2) is 54.6 Å². The summed E-state index contributed by atoms with van der Waals surface area (Å²) in [5.74, 6) is -1.77. The lowest BCUT2D eigenvalue weighted by Gasteiger charge is -2.41. The van der Waals surface area contributed by atoms with Gasteiger partial charge in [0.05, 0.1) is 23.8 Å². The molecule has 0 aromatic heterocycles. The predicted molar refractivity (Wildman–Crippen MR) is 115 cm³/mol. The molecule has 0 aliphatic carbocycles. The maximum atomic E-state index is 13.0. The van der Waals surface area contributed by atoms with E-state index < -0.39 is 30.1 Å². The average molecular weight is 423 g/mol. The van der Waals surface area contributed by atoms with Gasteiger partial charge in [-0.05, 0) is 31.5 Å². The summed E-state index contributed by atoms with van der Waals surface area (Å²) < 4.78 is 5.22. The number of nitrogens with zero attached hydrogens (tertiary/aromatic N) is 1. The molecule has 162 valence electrons. The van der Waals surface area contributed by atoms with Crippen LogP contribution in [0.25, 0.3) is 0 Å². The Morgan fingerprint density at radius 1 is 1.06 bits per heavy atom. The Kier molecular flexibility index (Phi) is 6.39. The smallest absolute Gasteiger partial charge is 0.308 e. The molecule has 0 spiro atoms. The van der Waals surface area contributed by atoms with Crippen molar-refractivity contribution in [1.82, 2.24) is 5.32 Å². The Morgan fingerprint density at radius 3 is 2.39 bits per heavy atom. The van der Waals surface area contributed by atoms with Crippen LogP contribution in [0, 0.1) is 0 Å². The second-order valence-electron chi connectivity index (χ2n) is 7.79. The van der Waals surface area contributed by atoms with E-state index in [0.29, 0.717) is 11.4 Å². The van der Waals surface area contributed by atoms with E-state index in [1.807, 2.05) is 6.07 Å². The number of nitrogens with one attached hydrogen (secondary N) is 2. The fourth-order valence-corrected chi connectivity index (χ4v) is 3.51. The van der Waals surface area contributed by atoms with Crippen molar-refractivity contribution in [1.29, 1.82) is 0 Å². The van der Waals surface area contributed by atoms with Gasteiger partial charge in [0.25, 0.3) is 5.91 Å². The van der Waals surface area contributed by atoms with Crippen molar-refractivity contribution < 1.29 is 23.9 Å². The second-order valence-corrected chi connectivity index (χ2v) is 7.79. The molecule has 2 N–H and O–H groups in total. The lowest BCUT2D eigenvalue weighted by atomic mass is 9.96. The molecule has 2 aromatic carbocycles. The van der Waals surface area contributed by atoms with Gasteiger partial charge >= 0.3 is 5.97 Å². The maximum Gasteiger partial charge on any atom is 0.308 e. The van der Waals surface area contributed by atoms with Gasteiger partial charge < -0.3 is 15.4 Å². The predicted octanol–water partition coefficient (Wildman–Crippen LogP) is 2.56. The molecule has 1 aliphatic heterocycles. The molecule has 1 aliphatic rings. The van der Waals surface area contributed by atoms with Crippen molar-refractivity contribution in [2.45, 2.75) is 38.8 Å². The topological polar surface area (TPSA) is 105 Å². The third-order valence-corrected chi connectivity index (χ3v) is 5.06. The molecule has 0 saturated heterocycles. The zero-order chi connectivity index (χ0) is 22.6. The fraction of sp³-hybridized carbons (Fsp3) is 0.304. The maximum absolute atomic E-state index is 13.0. The molecule has 0 unspecified atom stereocenters. The van der Waals surface area contributed by atoms with Gasteiger partial charge in [0.1, 0.15) is 5.54 Å². The van der Waals surface area contributed by atoms with Crippen LogP contribution in [-0.4, -0.2) is 35.8 Å². The number of fused-ring (bicyclic) bond motifs is 1. The van der Waals surface area contributed by atoms with Gasteiger partial charge in [0.2, 0.25) is 11.8 Å². The highest BCUT2D eigenvalue weighted by Crippen LogP contribution is 2.36. The molecule has 3 rings (SSSR count). The van der Waals surface area contributed by atoms with E-state index in [1.54, 1.807) is 62.4 Å². The number of rotatable bonds is 6. The van der Waals surface area contributed by atoms with E-state index in [-0.39, 0.29) is 18.2 Å². The minimum absolute atomic E-state index is 0.128. The minimum Gasteiger partial charge on any atom is -0.455 e. The molecule has 31 heavy (non-hydrogen) atoms. The van der Waals surface area contributed by atoms with Crippen LogP contribution in [-0.2, 0) is 23.9 Å². The van der Waals surface area contributed by atoms with Crippen molar-refractivity contribution in [2.75, 3.05) is 16.8 Å². The van der Waals surface area contributed by atoms with Crippen LogP contribution in [0.2, 0.25) is 0 Å². The molecular formula is C23H25N3O5. The number of para-hydroxylation sites is 2. The number of carbonyl (C=O) groups excluding carboxylic acids is 4. The number of hydrogen-bond donors (Lipinski definition) is 2. The molecule has 3 amide bonds. The summed E-state index contributed by atoms with van der Waals surface area (Å²) in [6.07, 6.45) is -0.128. The number of ether oxygens (including phenoxy) is 1. The Bertz CT molecular complexity index is 1000. The fourth-order valence-electron chi connectivity index (χ4n) is 3.51. The zero-order valence-corrected chi connectivity index (χ0v) is 17.7. The number of anilines is 2. The van der Waals surface area contributed by atoms with Gasteiger partial charge in [0, 0.05) is 6.92 Å². The van der Waals surface area contributed by atoms with Crippen LogP contribution < -0.4 is 15.5 Å². The summed E-state index contributed by atoms with van der Waals surface area (Å²) >= 11 is 0. The monoisotopic (exact) mass is 423 g/mol. The van der Waals surface area contributed by atoms with Crippen LogP contribution in [0.5, 0.6) is 0 Å². The minimum atomic E-state index is -1.15. The first kappa shape index (κ1) is 22.0. The first-order valence-corrected chi connectivity index (χ1v) is 9.91. The van der Waals surface area contributed by atoms with Crippen LogP contribution in [0.3, 0.4) is 0 Å². The first-order valence-electron chi connectivity index (χ1n) is 9.91. The van der Waals surface area contributed by atoms with Gasteiger partial charge in [-0.25, -0.2) is 0 Å². The van der Waals surface area contributed by atoms with E-state index in [2.05, 4.69) is 10.6 Å². The second kappa shape index (κ2) is 8.99. The average Bonchev–Trinajstić information content (AvgIpc) is 2.72. The Hall–Kier alpha value is -3.68. The molecule has 1 heterocycles. The van der Waals surface area contributed by atoms with E-state index >= 15 is 0 Å². The summed E-state index contributed by atoms with van der Waals surface area (Å²) in [5, 5.41) is 5.50. The molecule has 8 heteroatoms. The summed E-state index contributed by atoms with van der Waals surface area (Å²) in [5.41, 5.74) is 0.652. The highest BCUT2D eigenvalue weighted by atomic mass is 16.5. The quantitative estimate of drug-likeness (QED) is 0.695. The van der Waals surface area contributed by atoms with Gasteiger partial charge in [0.15, 0.2) is 6.61 Å². The van der Waals surface area contributed by atoms with Gasteiger partial charge in [-0.15, -0.1) is 0 Å². The molecule has 0 radical (unpaired) electrons. The van der Waals surface area contributed by atoms with Crippen molar-refractivity contribution in [3.8, 4) is 0 Å². The van der Waals surface area contributed by atoms with E-state index in [9.17, 15) is 19.2 Å². The Balaban J connectivity index is 1.70. The highest BCUT2D eigenvalue weighted by Gasteiger charge is 2.43. The molecule has 0 fully saturated rings. The van der Waals surface area contributed by atoms with Gasteiger partial charge in [-0.1, -0.05) is 42.5 Å². The van der Waals surface area contributed by atoms with E-state index in [0.717, 1.165) is 5.56 Å². The number of hydrogen-bond acceptors (Lipinski definition) is 5. The summed E-state index contributed by atoms with van der Waals surface area (Å²) in [4.78, 5) is 50.8. The normalized spacial score (nSPS) is 15.3. The van der Waals surface area contributed by atoms with Crippen LogP contribution >= 0.6 is 0 Å². The summed E-state index contributed by atoms with van der Waals surface area (Å²) in [7, 11) is 0. The lowest BCUT2D eigenvalue weighted by Crippen LogP contribution is -2.59. The summed E-state index contributed by atoms with van der Waals surface area (Å²) in [6, 6.07) is 15.4. The Labute approximate surface area is 180 Å². The molecule has 0 saturated carbocycles. The SMILES string of the molecule is CC(=O)N[C@@H](CC(=O)OCC(=O)N1c2ccccc2NC(=O)C1(C)C)c1ccccc1. The number of esters is 1. The summed E-state index contributed by atoms with van der Waals surface area (Å²) in [6.45, 7) is 4.09. The Morgan fingerprint density at radius 2 is 1.71 bits per heavy atom. The zero-order valence-electron chi connectivity index (χ0n) is 17.7. The highest BCUT2D eigenvalue weighted by molar-refractivity contribution is 6.14. The standard InChI is InChI=1S/C23H25N3O5/c1-15(27)24-18(16-9-5-4-6-10-16)13-21(29)31-14-20(28)26-19-12-8-7-11-17(19)25-22(30)23(26,2)3/h4-12,18H,13-14H2,1-3H3,(H,24,27)(H,25,30)/t18-/m0/s1. The van der Waals surface area contributed by atoms with Gasteiger partial charge in [-0.2, -0.15) is 0 Å². The van der Waals surface area contributed by atoms with Crippen molar-refractivity contribution >= 4 is 35.1 Å². The number of amides is 3. The van der Waals surface area contributed by atoms with Crippen molar-refractivity contribution in [2.24, 2.45) is 0 Å². The number of carbonyl (C=O) groups is 4. The molecular weight excluding hydrogens is 398 g/mol. The third-order valence-electron chi connectivity index (χ3n) is 5.06. The molecule has 0 bridgehead atoms. The van der Waals surface area contributed by atoms with Crippen LogP contribution in [0.1, 0.15) is 38.8 Å². The van der Waals surface area contributed by atoms with E-state index in [1.165, 1.54) is 11.8 Å². The van der Waals surface area contributed by atoms with E-state index in [4.69, 9.17) is 4.74 Å². The molecule has 8 nitrogen and oxygen atoms in total. The largest absolute Gasteiger partial charge is 0.455 e. The first-order chi connectivity index (χ1) is 14.7. The molecule has 2 aromatic rings. The van der Waals surface area contributed by atoms with Crippen molar-refractivity contribution in [3.05, 3.63) is 60.2 Å².